The molecule has 124 valence electrons. The molecule has 0 spiro atoms. The predicted octanol–water partition coefficient (Wildman–Crippen LogP) is 2.64. The number of rotatable bonds is 4. The van der Waals surface area contributed by atoms with Crippen LogP contribution in [0.3, 0.4) is 0 Å². The van der Waals surface area contributed by atoms with Gasteiger partial charge in [0.25, 0.3) is 0 Å². The van der Waals surface area contributed by atoms with Crippen LogP contribution in [0.1, 0.15) is 29.7 Å². The highest BCUT2D eigenvalue weighted by Crippen LogP contribution is 2.23. The van der Waals surface area contributed by atoms with Crippen LogP contribution in [0.4, 0.5) is 5.69 Å². The molecule has 1 atom stereocenters. The quantitative estimate of drug-likeness (QED) is 0.738. The minimum atomic E-state index is -0.298. The third-order valence-corrected chi connectivity index (χ3v) is 4.39. The van der Waals surface area contributed by atoms with Gasteiger partial charge in [-0.05, 0) is 53.1 Å². The summed E-state index contributed by atoms with van der Waals surface area (Å²) >= 11 is 6.21. The zero-order valence-electron chi connectivity index (χ0n) is 13.5. The minimum Gasteiger partial charge on any atom is -0.399 e. The van der Waals surface area contributed by atoms with E-state index in [1.165, 1.54) is 9.36 Å². The number of nitrogen functional groups attached to an aromatic ring is 1. The van der Waals surface area contributed by atoms with Crippen molar-refractivity contribution in [3.8, 4) is 0 Å². The van der Waals surface area contributed by atoms with Crippen LogP contribution in [-0.2, 0) is 6.54 Å². The highest BCUT2D eigenvalue weighted by Gasteiger charge is 2.17. The normalized spacial score (nSPS) is 12.3. The molecular weight excluding hydrogens is 326 g/mol. The van der Waals surface area contributed by atoms with Crippen molar-refractivity contribution in [3.05, 3.63) is 74.7 Å². The third kappa shape index (κ3) is 3.05. The van der Waals surface area contributed by atoms with Gasteiger partial charge in [-0.25, -0.2) is 4.79 Å². The van der Waals surface area contributed by atoms with E-state index >= 15 is 0 Å². The van der Waals surface area contributed by atoms with Crippen molar-refractivity contribution in [2.24, 2.45) is 0 Å². The summed E-state index contributed by atoms with van der Waals surface area (Å²) < 4.78 is 2.67. The lowest BCUT2D eigenvalue weighted by Gasteiger charge is -2.11. The van der Waals surface area contributed by atoms with E-state index in [1.807, 2.05) is 50.2 Å². The van der Waals surface area contributed by atoms with Crippen molar-refractivity contribution in [3.63, 3.8) is 0 Å². The number of hydrogen-bond acceptors (Lipinski definition) is 4. The van der Waals surface area contributed by atoms with Crippen molar-refractivity contribution < 1.29 is 0 Å². The fourth-order valence-electron chi connectivity index (χ4n) is 2.58. The van der Waals surface area contributed by atoms with Gasteiger partial charge in [0.1, 0.15) is 0 Å². The summed E-state index contributed by atoms with van der Waals surface area (Å²) in [5.41, 5.74) is 9.01. The molecule has 7 heteroatoms. The maximum atomic E-state index is 12.6. The van der Waals surface area contributed by atoms with Crippen LogP contribution in [0.5, 0.6) is 0 Å². The zero-order valence-corrected chi connectivity index (χ0v) is 14.2. The molecule has 24 heavy (non-hydrogen) atoms. The molecule has 0 aliphatic carbocycles. The van der Waals surface area contributed by atoms with Gasteiger partial charge in [-0.15, -0.1) is 0 Å². The van der Waals surface area contributed by atoms with Gasteiger partial charge in [0.05, 0.1) is 12.6 Å². The van der Waals surface area contributed by atoms with Crippen molar-refractivity contribution in [1.82, 2.24) is 19.8 Å². The van der Waals surface area contributed by atoms with Crippen molar-refractivity contribution in [2.75, 3.05) is 5.73 Å². The molecule has 0 saturated carbocycles. The first-order valence-corrected chi connectivity index (χ1v) is 7.97. The molecule has 0 amide bonds. The van der Waals surface area contributed by atoms with E-state index in [4.69, 9.17) is 17.3 Å². The van der Waals surface area contributed by atoms with E-state index in [2.05, 4.69) is 10.4 Å². The van der Waals surface area contributed by atoms with Gasteiger partial charge in [0.2, 0.25) is 0 Å². The van der Waals surface area contributed by atoms with E-state index in [0.717, 1.165) is 22.4 Å². The standard InChI is InChI=1S/C17H18ClN5O/c1-11-9-13(7-8-16(11)19)10-22-17(24)23(21-20-22)12(2)14-5-3-4-6-15(14)18/h3-9,12H,10,19H2,1-2H3. The lowest BCUT2D eigenvalue weighted by atomic mass is 10.1. The molecule has 1 aromatic heterocycles. The van der Waals surface area contributed by atoms with Crippen LogP contribution >= 0.6 is 11.6 Å². The van der Waals surface area contributed by atoms with E-state index < -0.39 is 0 Å². The molecule has 1 unspecified atom stereocenters. The average Bonchev–Trinajstić information content (AvgIpc) is 2.92. The summed E-state index contributed by atoms with van der Waals surface area (Å²) in [7, 11) is 0. The zero-order chi connectivity index (χ0) is 17.3. The monoisotopic (exact) mass is 343 g/mol. The minimum absolute atomic E-state index is 0.281. The molecule has 0 saturated heterocycles. The van der Waals surface area contributed by atoms with Crippen LogP contribution < -0.4 is 11.4 Å². The smallest absolute Gasteiger partial charge is 0.364 e. The predicted molar refractivity (Wildman–Crippen MR) is 94.2 cm³/mol. The Balaban J connectivity index is 1.90. The Bertz CT molecular complexity index is 931. The van der Waals surface area contributed by atoms with Crippen molar-refractivity contribution >= 4 is 17.3 Å². The van der Waals surface area contributed by atoms with Gasteiger partial charge in [0, 0.05) is 10.7 Å². The summed E-state index contributed by atoms with van der Waals surface area (Å²) in [6, 6.07) is 12.7. The van der Waals surface area contributed by atoms with E-state index in [9.17, 15) is 4.79 Å². The van der Waals surface area contributed by atoms with E-state index in [1.54, 1.807) is 6.07 Å². The Hall–Kier alpha value is -2.60. The number of nitrogens with two attached hydrogens (primary N) is 1. The van der Waals surface area contributed by atoms with Crippen molar-refractivity contribution in [2.45, 2.75) is 26.4 Å². The summed E-state index contributed by atoms with van der Waals surface area (Å²) in [5.74, 6) is 0. The molecule has 0 aliphatic rings. The van der Waals surface area contributed by atoms with Crippen molar-refractivity contribution in [1.29, 1.82) is 0 Å². The van der Waals surface area contributed by atoms with Crippen LogP contribution in [-0.4, -0.2) is 19.8 Å². The highest BCUT2D eigenvalue weighted by molar-refractivity contribution is 6.31. The number of benzene rings is 2. The van der Waals surface area contributed by atoms with E-state index in [0.29, 0.717) is 11.6 Å². The Morgan fingerprint density at radius 2 is 1.96 bits per heavy atom. The molecule has 3 aromatic rings. The second-order valence-electron chi connectivity index (χ2n) is 5.75. The molecule has 1 heterocycles. The second kappa shape index (κ2) is 6.49. The number of aromatic nitrogens is 4. The van der Waals surface area contributed by atoms with Gasteiger partial charge in [-0.3, -0.25) is 0 Å². The van der Waals surface area contributed by atoms with Crippen LogP contribution in [0.25, 0.3) is 0 Å². The number of nitrogens with zero attached hydrogens (tertiary/aromatic N) is 4. The Labute approximate surface area is 144 Å². The molecule has 3 rings (SSSR count). The van der Waals surface area contributed by atoms with E-state index in [-0.39, 0.29) is 11.7 Å². The number of aryl methyl sites for hydroxylation is 1. The number of anilines is 1. The van der Waals surface area contributed by atoms with Gasteiger partial charge >= 0.3 is 5.69 Å². The average molecular weight is 344 g/mol. The maximum Gasteiger partial charge on any atom is 0.364 e. The summed E-state index contributed by atoms with van der Waals surface area (Å²) in [4.78, 5) is 12.6. The Morgan fingerprint density at radius 3 is 2.67 bits per heavy atom. The number of hydrogen-bond donors (Lipinski definition) is 1. The van der Waals surface area contributed by atoms with Gasteiger partial charge in [0.15, 0.2) is 0 Å². The van der Waals surface area contributed by atoms with Gasteiger partial charge in [-0.2, -0.15) is 9.36 Å². The lowest BCUT2D eigenvalue weighted by molar-refractivity contribution is 0.528. The molecule has 0 radical (unpaired) electrons. The fraction of sp³-hybridized carbons (Fsp3) is 0.235. The fourth-order valence-corrected chi connectivity index (χ4v) is 2.88. The summed E-state index contributed by atoms with van der Waals surface area (Å²) in [5, 5.41) is 8.58. The molecule has 0 bridgehead atoms. The summed E-state index contributed by atoms with van der Waals surface area (Å²) in [6.45, 7) is 4.14. The second-order valence-corrected chi connectivity index (χ2v) is 6.16. The SMILES string of the molecule is Cc1cc(Cn2nnn(C(C)c3ccccc3Cl)c2=O)ccc1N. The molecule has 2 aromatic carbocycles. The lowest BCUT2D eigenvalue weighted by Crippen LogP contribution is -2.28. The molecule has 0 aliphatic heterocycles. The first-order chi connectivity index (χ1) is 11.5. The topological polar surface area (TPSA) is 78.7 Å². The molecule has 2 N–H and O–H groups in total. The van der Waals surface area contributed by atoms with Crippen LogP contribution in [0.2, 0.25) is 5.02 Å². The first-order valence-electron chi connectivity index (χ1n) is 7.59. The third-order valence-electron chi connectivity index (χ3n) is 4.05. The maximum absolute atomic E-state index is 12.6. The number of halogens is 1. The van der Waals surface area contributed by atoms with Crippen LogP contribution in [0, 0.1) is 6.92 Å². The van der Waals surface area contributed by atoms with Crippen LogP contribution in [0.15, 0.2) is 47.3 Å². The largest absolute Gasteiger partial charge is 0.399 e. The highest BCUT2D eigenvalue weighted by atomic mass is 35.5. The number of tetrazole rings is 1. The Kier molecular flexibility index (Phi) is 4.40. The van der Waals surface area contributed by atoms with Gasteiger partial charge in [-0.1, -0.05) is 41.9 Å². The first kappa shape index (κ1) is 16.3. The molecule has 6 nitrogen and oxygen atoms in total. The molecular formula is C17H18ClN5O. The van der Waals surface area contributed by atoms with Gasteiger partial charge < -0.3 is 5.73 Å². The molecule has 0 fully saturated rings. The summed E-state index contributed by atoms with van der Waals surface area (Å²) in [6.07, 6.45) is 0. The Morgan fingerprint density at radius 1 is 1.21 bits per heavy atom.